The van der Waals surface area contributed by atoms with Gasteiger partial charge in [0.1, 0.15) is 5.01 Å². The monoisotopic (exact) mass is 264 g/mol. The van der Waals surface area contributed by atoms with E-state index in [1.54, 1.807) is 11.3 Å². The molecular weight excluding hydrogens is 244 g/mol. The topological polar surface area (TPSA) is 42.0 Å². The van der Waals surface area contributed by atoms with Crippen LogP contribution >= 0.6 is 11.3 Å². The van der Waals surface area contributed by atoms with Crippen molar-refractivity contribution in [3.63, 3.8) is 0 Å². The summed E-state index contributed by atoms with van der Waals surface area (Å²) in [6, 6.07) is 0. The number of fused-ring (bicyclic) bond motifs is 2. The number of nitrogens with one attached hydrogen (secondary N) is 1. The van der Waals surface area contributed by atoms with Crippen molar-refractivity contribution in [3.05, 3.63) is 16.1 Å². The zero-order valence-electron chi connectivity index (χ0n) is 10.8. The number of hydrogen-bond donors (Lipinski definition) is 1. The van der Waals surface area contributed by atoms with Crippen molar-refractivity contribution in [2.45, 2.75) is 45.6 Å². The first-order valence-corrected chi connectivity index (χ1v) is 7.76. The molecule has 1 N–H and O–H groups in total. The molecule has 18 heavy (non-hydrogen) atoms. The van der Waals surface area contributed by atoms with E-state index in [-0.39, 0.29) is 5.91 Å². The zero-order chi connectivity index (χ0) is 12.5. The van der Waals surface area contributed by atoms with Gasteiger partial charge in [-0.3, -0.25) is 4.79 Å². The molecule has 2 aliphatic carbocycles. The van der Waals surface area contributed by atoms with Gasteiger partial charge in [0, 0.05) is 17.5 Å². The Hall–Kier alpha value is -0.900. The van der Waals surface area contributed by atoms with Gasteiger partial charge in [-0.05, 0) is 43.9 Å². The first-order valence-electron chi connectivity index (χ1n) is 6.88. The highest BCUT2D eigenvalue weighted by molar-refractivity contribution is 7.09. The molecule has 0 radical (unpaired) electrons. The highest BCUT2D eigenvalue weighted by Gasteiger charge is 2.39. The molecule has 3 rings (SSSR count). The van der Waals surface area contributed by atoms with Gasteiger partial charge in [-0.25, -0.2) is 4.98 Å². The number of rotatable bonds is 4. The standard InChI is InChI=1S/C14H20N2OS/c1-9-8-18-14(16-9)7-15-13(17)6-12-5-10-2-3-11(12)4-10/h8,10-12H,2-7H2,1H3,(H,15,17). The van der Waals surface area contributed by atoms with Gasteiger partial charge >= 0.3 is 0 Å². The minimum Gasteiger partial charge on any atom is -0.350 e. The van der Waals surface area contributed by atoms with Crippen molar-refractivity contribution in [2.24, 2.45) is 17.8 Å². The Morgan fingerprint density at radius 3 is 3.00 bits per heavy atom. The number of hydrogen-bond acceptors (Lipinski definition) is 3. The van der Waals surface area contributed by atoms with Crippen LogP contribution in [0.2, 0.25) is 0 Å². The maximum absolute atomic E-state index is 11.9. The van der Waals surface area contributed by atoms with Gasteiger partial charge in [0.2, 0.25) is 5.91 Å². The Labute approximate surface area is 112 Å². The number of carbonyl (C=O) groups excluding carboxylic acids is 1. The first kappa shape index (κ1) is 12.2. The van der Waals surface area contributed by atoms with Crippen molar-refractivity contribution >= 4 is 17.2 Å². The van der Waals surface area contributed by atoms with Gasteiger partial charge in [-0.2, -0.15) is 0 Å². The van der Waals surface area contributed by atoms with Crippen molar-refractivity contribution in [2.75, 3.05) is 0 Å². The Balaban J connectivity index is 1.45. The van der Waals surface area contributed by atoms with Crippen LogP contribution in [0.4, 0.5) is 0 Å². The lowest BCUT2D eigenvalue weighted by atomic mass is 9.86. The quantitative estimate of drug-likeness (QED) is 0.908. The number of thiazole rings is 1. The zero-order valence-corrected chi connectivity index (χ0v) is 11.6. The summed E-state index contributed by atoms with van der Waals surface area (Å²) < 4.78 is 0. The van der Waals surface area contributed by atoms with Gasteiger partial charge in [-0.15, -0.1) is 11.3 Å². The second-order valence-corrected chi connectivity index (χ2v) is 6.74. The maximum atomic E-state index is 11.9. The van der Waals surface area contributed by atoms with E-state index in [2.05, 4.69) is 10.3 Å². The molecule has 98 valence electrons. The summed E-state index contributed by atoms with van der Waals surface area (Å²) in [7, 11) is 0. The highest BCUT2D eigenvalue weighted by atomic mass is 32.1. The Kier molecular flexibility index (Phi) is 3.37. The number of aromatic nitrogens is 1. The third kappa shape index (κ3) is 2.58. The number of carbonyl (C=O) groups is 1. The lowest BCUT2D eigenvalue weighted by Gasteiger charge is -2.20. The summed E-state index contributed by atoms with van der Waals surface area (Å²) in [5.41, 5.74) is 1.04. The van der Waals surface area contributed by atoms with Gasteiger partial charge in [0.25, 0.3) is 0 Å². The van der Waals surface area contributed by atoms with Crippen molar-refractivity contribution in [3.8, 4) is 0 Å². The Morgan fingerprint density at radius 1 is 1.50 bits per heavy atom. The van der Waals surface area contributed by atoms with Gasteiger partial charge < -0.3 is 5.32 Å². The fourth-order valence-electron chi connectivity index (χ4n) is 3.59. The number of aryl methyl sites for hydroxylation is 1. The van der Waals surface area contributed by atoms with Crippen LogP contribution < -0.4 is 5.32 Å². The smallest absolute Gasteiger partial charge is 0.220 e. The van der Waals surface area contributed by atoms with Crippen LogP contribution in [0, 0.1) is 24.7 Å². The molecule has 3 atom stereocenters. The third-order valence-electron chi connectivity index (χ3n) is 4.44. The molecule has 3 unspecified atom stereocenters. The molecule has 1 aromatic heterocycles. The molecule has 2 bridgehead atoms. The molecular formula is C14H20N2OS. The van der Waals surface area contributed by atoms with Crippen LogP contribution in [0.3, 0.4) is 0 Å². The molecule has 0 aromatic carbocycles. The second-order valence-electron chi connectivity index (χ2n) is 5.80. The minimum absolute atomic E-state index is 0.209. The normalized spacial score (nSPS) is 29.7. The van der Waals surface area contributed by atoms with E-state index in [1.807, 2.05) is 12.3 Å². The summed E-state index contributed by atoms with van der Waals surface area (Å²) in [4.78, 5) is 16.3. The summed E-state index contributed by atoms with van der Waals surface area (Å²) in [5, 5.41) is 6.04. The Bertz CT molecular complexity index is 443. The molecule has 1 aromatic rings. The Morgan fingerprint density at radius 2 is 2.39 bits per heavy atom. The van der Waals surface area contributed by atoms with E-state index in [9.17, 15) is 4.79 Å². The first-order chi connectivity index (χ1) is 8.70. The molecule has 2 saturated carbocycles. The maximum Gasteiger partial charge on any atom is 0.220 e. The van der Waals surface area contributed by atoms with E-state index >= 15 is 0 Å². The van der Waals surface area contributed by atoms with Gasteiger partial charge in [0.05, 0.1) is 6.54 Å². The molecule has 2 fully saturated rings. The second kappa shape index (κ2) is 5.00. The van der Waals surface area contributed by atoms with Crippen LogP contribution in [0.1, 0.15) is 42.8 Å². The van der Waals surface area contributed by atoms with E-state index in [0.29, 0.717) is 12.5 Å². The van der Waals surface area contributed by atoms with E-state index < -0.39 is 0 Å². The van der Waals surface area contributed by atoms with E-state index in [0.717, 1.165) is 29.0 Å². The third-order valence-corrected chi connectivity index (χ3v) is 5.40. The lowest BCUT2D eigenvalue weighted by Crippen LogP contribution is -2.26. The fourth-order valence-corrected chi connectivity index (χ4v) is 4.31. The average Bonchev–Trinajstić information content (AvgIpc) is 3.03. The SMILES string of the molecule is Cc1csc(CNC(=O)CC2CC3CCC2C3)n1. The summed E-state index contributed by atoms with van der Waals surface area (Å²) in [6.45, 7) is 2.58. The van der Waals surface area contributed by atoms with Crippen LogP contribution in [0.5, 0.6) is 0 Å². The van der Waals surface area contributed by atoms with Crippen LogP contribution in [0.25, 0.3) is 0 Å². The van der Waals surface area contributed by atoms with E-state index in [4.69, 9.17) is 0 Å². The summed E-state index contributed by atoms with van der Waals surface area (Å²) >= 11 is 1.62. The molecule has 1 heterocycles. The molecule has 0 aliphatic heterocycles. The van der Waals surface area contributed by atoms with Crippen LogP contribution in [0.15, 0.2) is 5.38 Å². The highest BCUT2D eigenvalue weighted by Crippen LogP contribution is 2.49. The molecule has 0 saturated heterocycles. The predicted molar refractivity (Wildman–Crippen MR) is 72.3 cm³/mol. The lowest BCUT2D eigenvalue weighted by molar-refractivity contribution is -0.122. The van der Waals surface area contributed by atoms with Crippen molar-refractivity contribution in [1.29, 1.82) is 0 Å². The van der Waals surface area contributed by atoms with E-state index in [1.165, 1.54) is 25.7 Å². The van der Waals surface area contributed by atoms with Gasteiger partial charge in [-0.1, -0.05) is 6.42 Å². The predicted octanol–water partition coefficient (Wildman–Crippen LogP) is 2.89. The summed E-state index contributed by atoms with van der Waals surface area (Å²) in [6.07, 6.45) is 6.15. The molecule has 0 spiro atoms. The van der Waals surface area contributed by atoms with Crippen molar-refractivity contribution in [1.82, 2.24) is 10.3 Å². The van der Waals surface area contributed by atoms with Crippen LogP contribution in [-0.2, 0) is 11.3 Å². The minimum atomic E-state index is 0.209. The molecule has 3 nitrogen and oxygen atoms in total. The molecule has 1 amide bonds. The largest absolute Gasteiger partial charge is 0.350 e. The molecule has 4 heteroatoms. The van der Waals surface area contributed by atoms with Crippen LogP contribution in [-0.4, -0.2) is 10.9 Å². The number of amides is 1. The molecule has 2 aliphatic rings. The number of nitrogens with zero attached hydrogens (tertiary/aromatic N) is 1. The average molecular weight is 264 g/mol. The van der Waals surface area contributed by atoms with Crippen molar-refractivity contribution < 1.29 is 4.79 Å². The summed E-state index contributed by atoms with van der Waals surface area (Å²) in [5.74, 6) is 2.62. The fraction of sp³-hybridized carbons (Fsp3) is 0.714. The van der Waals surface area contributed by atoms with Gasteiger partial charge in [0.15, 0.2) is 0 Å².